The van der Waals surface area contributed by atoms with Crippen LogP contribution in [0.15, 0.2) is 30.6 Å². The molecule has 1 N–H and O–H groups in total. The number of aryl methyl sites for hydroxylation is 2. The number of hydrogen-bond acceptors (Lipinski definition) is 7. The standard InChI is InChI=1S/C21H24N4O2S/c1-12-21(23-6-5-22-12)25-10-14-7-18(26)19(8-15(14)11-25)27-16-3-4-20-17(9-16)24-13(2)28-20/h3-6,9,14-15,18-19,26H,7-8,10-11H2,1-2H3/t14-,15+,18+,19+/m0/s1. The Bertz CT molecular complexity index is 1010. The molecule has 3 aromatic rings. The number of aromatic nitrogens is 3. The zero-order valence-electron chi connectivity index (χ0n) is 16.1. The summed E-state index contributed by atoms with van der Waals surface area (Å²) < 4.78 is 7.39. The lowest BCUT2D eigenvalue weighted by atomic mass is 9.78. The maximum atomic E-state index is 10.7. The summed E-state index contributed by atoms with van der Waals surface area (Å²) in [5, 5.41) is 11.8. The van der Waals surface area contributed by atoms with Gasteiger partial charge in [-0.1, -0.05) is 0 Å². The predicted molar refractivity (Wildman–Crippen MR) is 110 cm³/mol. The van der Waals surface area contributed by atoms with Crippen LogP contribution in [0.1, 0.15) is 23.5 Å². The van der Waals surface area contributed by atoms with Crippen molar-refractivity contribution < 1.29 is 9.84 Å². The molecule has 1 aliphatic carbocycles. The van der Waals surface area contributed by atoms with Crippen LogP contribution in [-0.4, -0.2) is 45.4 Å². The van der Waals surface area contributed by atoms with Crippen LogP contribution < -0.4 is 9.64 Å². The van der Waals surface area contributed by atoms with Crippen LogP contribution in [0.25, 0.3) is 10.2 Å². The lowest BCUT2D eigenvalue weighted by Gasteiger charge is -2.35. The highest BCUT2D eigenvalue weighted by molar-refractivity contribution is 7.18. The number of hydrogen-bond donors (Lipinski definition) is 1. The molecule has 4 atom stereocenters. The van der Waals surface area contributed by atoms with Crippen molar-refractivity contribution in [3.05, 3.63) is 41.3 Å². The van der Waals surface area contributed by atoms with Crippen molar-refractivity contribution in [1.29, 1.82) is 0 Å². The van der Waals surface area contributed by atoms with E-state index in [0.29, 0.717) is 11.8 Å². The fourth-order valence-corrected chi connectivity index (χ4v) is 5.48. The highest BCUT2D eigenvalue weighted by Gasteiger charge is 2.43. The number of fused-ring (bicyclic) bond motifs is 2. The summed E-state index contributed by atoms with van der Waals surface area (Å²) in [5.41, 5.74) is 1.93. The van der Waals surface area contributed by atoms with E-state index in [0.717, 1.165) is 53.7 Å². The Morgan fingerprint density at radius 1 is 1.11 bits per heavy atom. The van der Waals surface area contributed by atoms with Crippen molar-refractivity contribution in [2.24, 2.45) is 11.8 Å². The van der Waals surface area contributed by atoms with Gasteiger partial charge in [-0.25, -0.2) is 9.97 Å². The number of aliphatic hydroxyl groups is 1. The third-order valence-corrected chi connectivity index (χ3v) is 6.94. The molecule has 146 valence electrons. The summed E-state index contributed by atoms with van der Waals surface area (Å²) in [5.74, 6) is 2.73. The molecule has 0 amide bonds. The minimum atomic E-state index is -0.447. The molecule has 2 fully saturated rings. The summed E-state index contributed by atoms with van der Waals surface area (Å²) >= 11 is 1.69. The van der Waals surface area contributed by atoms with E-state index >= 15 is 0 Å². The van der Waals surface area contributed by atoms with E-state index in [2.05, 4.69) is 25.9 Å². The largest absolute Gasteiger partial charge is 0.488 e. The Kier molecular flexibility index (Phi) is 4.44. The molecule has 7 heteroatoms. The smallest absolute Gasteiger partial charge is 0.150 e. The van der Waals surface area contributed by atoms with E-state index in [4.69, 9.17) is 4.74 Å². The average molecular weight is 397 g/mol. The summed E-state index contributed by atoms with van der Waals surface area (Å²) in [6.45, 7) is 5.89. The van der Waals surface area contributed by atoms with Crippen LogP contribution in [0.2, 0.25) is 0 Å². The molecule has 6 nitrogen and oxygen atoms in total. The minimum Gasteiger partial charge on any atom is -0.488 e. The van der Waals surface area contributed by atoms with Crippen LogP contribution in [0, 0.1) is 25.7 Å². The molecule has 1 aromatic carbocycles. The zero-order valence-corrected chi connectivity index (χ0v) is 16.9. The number of benzene rings is 1. The first kappa shape index (κ1) is 17.8. The maximum absolute atomic E-state index is 10.7. The second-order valence-electron chi connectivity index (χ2n) is 7.95. The number of anilines is 1. The van der Waals surface area contributed by atoms with Crippen LogP contribution in [0.4, 0.5) is 5.82 Å². The Labute approximate surface area is 168 Å². The van der Waals surface area contributed by atoms with Gasteiger partial charge in [0, 0.05) is 31.5 Å². The second kappa shape index (κ2) is 6.97. The third-order valence-electron chi connectivity index (χ3n) is 5.99. The van der Waals surface area contributed by atoms with Crippen molar-refractivity contribution in [1.82, 2.24) is 15.0 Å². The molecular weight excluding hydrogens is 372 g/mol. The van der Waals surface area contributed by atoms with Gasteiger partial charge in [-0.15, -0.1) is 11.3 Å². The molecule has 2 aromatic heterocycles. The Morgan fingerprint density at radius 3 is 2.71 bits per heavy atom. The van der Waals surface area contributed by atoms with Gasteiger partial charge in [0.05, 0.1) is 27.0 Å². The zero-order chi connectivity index (χ0) is 19.3. The average Bonchev–Trinajstić information content (AvgIpc) is 3.24. The molecule has 0 bridgehead atoms. The fourth-order valence-electron chi connectivity index (χ4n) is 4.67. The van der Waals surface area contributed by atoms with E-state index in [1.54, 1.807) is 23.7 Å². The van der Waals surface area contributed by atoms with Crippen LogP contribution >= 0.6 is 11.3 Å². The molecule has 0 radical (unpaired) electrons. The van der Waals surface area contributed by atoms with Gasteiger partial charge in [0.1, 0.15) is 17.7 Å². The first-order valence-corrected chi connectivity index (χ1v) is 10.6. The molecular formula is C21H24N4O2S. The van der Waals surface area contributed by atoms with Gasteiger partial charge in [-0.05, 0) is 50.7 Å². The lowest BCUT2D eigenvalue weighted by Crippen LogP contribution is -2.42. The SMILES string of the molecule is Cc1nc2cc(O[C@@H]3C[C@@H]4CN(c5nccnc5C)C[C@@H]4C[C@H]3O)ccc2s1. The number of thiazole rings is 1. The molecule has 0 spiro atoms. The summed E-state index contributed by atoms with van der Waals surface area (Å²) in [4.78, 5) is 15.8. The fraction of sp³-hybridized carbons (Fsp3) is 0.476. The van der Waals surface area contributed by atoms with Crippen molar-refractivity contribution >= 4 is 27.4 Å². The number of aliphatic hydroxyl groups excluding tert-OH is 1. The van der Waals surface area contributed by atoms with Gasteiger partial charge in [0.2, 0.25) is 0 Å². The summed E-state index contributed by atoms with van der Waals surface area (Å²) in [6.07, 6.45) is 4.48. The van der Waals surface area contributed by atoms with Gasteiger partial charge in [0.25, 0.3) is 0 Å². The first-order valence-electron chi connectivity index (χ1n) is 9.81. The lowest BCUT2D eigenvalue weighted by molar-refractivity contribution is -0.0230. The molecule has 1 saturated carbocycles. The van der Waals surface area contributed by atoms with E-state index in [1.807, 2.05) is 26.0 Å². The topological polar surface area (TPSA) is 71.4 Å². The number of nitrogens with zero attached hydrogens (tertiary/aromatic N) is 4. The molecule has 1 aliphatic heterocycles. The number of rotatable bonds is 3. The monoisotopic (exact) mass is 396 g/mol. The normalized spacial score (nSPS) is 27.2. The van der Waals surface area contributed by atoms with Gasteiger partial charge < -0.3 is 14.7 Å². The Hall–Kier alpha value is -2.25. The van der Waals surface area contributed by atoms with Crippen LogP contribution in [0.3, 0.4) is 0 Å². The predicted octanol–water partition coefficient (Wildman–Crippen LogP) is 3.36. The quantitative estimate of drug-likeness (QED) is 0.732. The van der Waals surface area contributed by atoms with Gasteiger partial charge in [-0.2, -0.15) is 0 Å². The van der Waals surface area contributed by atoms with Crippen molar-refractivity contribution in [3.8, 4) is 5.75 Å². The molecule has 3 heterocycles. The van der Waals surface area contributed by atoms with E-state index in [-0.39, 0.29) is 6.10 Å². The molecule has 0 unspecified atom stereocenters. The minimum absolute atomic E-state index is 0.179. The highest BCUT2D eigenvalue weighted by atomic mass is 32.1. The number of ether oxygens (including phenoxy) is 1. The van der Waals surface area contributed by atoms with E-state index in [1.165, 1.54) is 4.70 Å². The summed E-state index contributed by atoms with van der Waals surface area (Å²) in [6, 6.07) is 6.03. The van der Waals surface area contributed by atoms with E-state index < -0.39 is 6.10 Å². The molecule has 2 aliphatic rings. The Morgan fingerprint density at radius 2 is 1.89 bits per heavy atom. The highest BCUT2D eigenvalue weighted by Crippen LogP contribution is 2.40. The van der Waals surface area contributed by atoms with Crippen molar-refractivity contribution in [2.75, 3.05) is 18.0 Å². The molecule has 28 heavy (non-hydrogen) atoms. The van der Waals surface area contributed by atoms with E-state index in [9.17, 15) is 5.11 Å². The third kappa shape index (κ3) is 3.22. The van der Waals surface area contributed by atoms with Gasteiger partial charge in [0.15, 0.2) is 0 Å². The molecule has 5 rings (SSSR count). The maximum Gasteiger partial charge on any atom is 0.150 e. The van der Waals surface area contributed by atoms with Gasteiger partial charge >= 0.3 is 0 Å². The van der Waals surface area contributed by atoms with Crippen LogP contribution in [-0.2, 0) is 0 Å². The summed E-state index contributed by atoms with van der Waals surface area (Å²) in [7, 11) is 0. The molecule has 1 saturated heterocycles. The van der Waals surface area contributed by atoms with Gasteiger partial charge in [-0.3, -0.25) is 4.98 Å². The second-order valence-corrected chi connectivity index (χ2v) is 9.18. The van der Waals surface area contributed by atoms with Crippen LogP contribution in [0.5, 0.6) is 5.75 Å². The first-order chi connectivity index (χ1) is 13.6. The Balaban J connectivity index is 1.31. The van der Waals surface area contributed by atoms with Crippen molar-refractivity contribution in [2.45, 2.75) is 38.9 Å². The van der Waals surface area contributed by atoms with Crippen molar-refractivity contribution in [3.63, 3.8) is 0 Å².